The average molecular weight is 249 g/mol. The number of benzene rings is 1. The Kier molecular flexibility index (Phi) is 5.36. The van der Waals surface area contributed by atoms with E-state index in [1.54, 1.807) is 24.3 Å². The highest BCUT2D eigenvalue weighted by Gasteiger charge is 2.08. The molecule has 0 aromatic heterocycles. The Morgan fingerprint density at radius 3 is 2.33 bits per heavy atom. The number of primary amides is 1. The Hall–Kier alpha value is -1.84. The molecular formula is C14H19NO3. The largest absolute Gasteiger partial charge is 0.493 e. The van der Waals surface area contributed by atoms with Crippen LogP contribution in [-0.4, -0.2) is 18.3 Å². The van der Waals surface area contributed by atoms with E-state index in [4.69, 9.17) is 10.5 Å². The van der Waals surface area contributed by atoms with Crippen LogP contribution in [0.2, 0.25) is 0 Å². The second kappa shape index (κ2) is 6.79. The fourth-order valence-electron chi connectivity index (χ4n) is 1.50. The van der Waals surface area contributed by atoms with Crippen molar-refractivity contribution >= 4 is 11.7 Å². The molecule has 0 radical (unpaired) electrons. The van der Waals surface area contributed by atoms with Gasteiger partial charge >= 0.3 is 0 Å². The predicted octanol–water partition coefficient (Wildman–Crippen LogP) is 2.17. The molecule has 0 atom stereocenters. The lowest BCUT2D eigenvalue weighted by molar-refractivity contribution is -0.118. The third kappa shape index (κ3) is 4.99. The number of amides is 1. The molecule has 4 heteroatoms. The molecule has 1 amide bonds. The van der Waals surface area contributed by atoms with Gasteiger partial charge in [0.05, 0.1) is 13.0 Å². The maximum absolute atomic E-state index is 11.8. The molecule has 98 valence electrons. The molecule has 0 spiro atoms. The molecule has 0 aliphatic heterocycles. The Labute approximate surface area is 107 Å². The maximum atomic E-state index is 11.8. The van der Waals surface area contributed by atoms with Gasteiger partial charge < -0.3 is 10.5 Å². The Balaban J connectivity index is 2.52. The van der Waals surface area contributed by atoms with E-state index in [1.165, 1.54) is 0 Å². The van der Waals surface area contributed by atoms with Crippen molar-refractivity contribution in [1.29, 1.82) is 0 Å². The summed E-state index contributed by atoms with van der Waals surface area (Å²) < 4.78 is 5.32. The van der Waals surface area contributed by atoms with Gasteiger partial charge in [-0.25, -0.2) is 0 Å². The number of hydrogen-bond donors (Lipinski definition) is 1. The molecule has 0 aliphatic rings. The van der Waals surface area contributed by atoms with E-state index in [2.05, 4.69) is 0 Å². The van der Waals surface area contributed by atoms with Crippen LogP contribution >= 0.6 is 0 Å². The maximum Gasteiger partial charge on any atom is 0.220 e. The predicted molar refractivity (Wildman–Crippen MR) is 69.5 cm³/mol. The molecule has 0 saturated carbocycles. The summed E-state index contributed by atoms with van der Waals surface area (Å²) in [7, 11) is 0. The minimum absolute atomic E-state index is 0.133. The SMILES string of the molecule is CC(C)CC(=O)c1ccc(OCCC(N)=O)cc1. The number of carbonyl (C=O) groups is 2. The lowest BCUT2D eigenvalue weighted by Crippen LogP contribution is -2.14. The van der Waals surface area contributed by atoms with Crippen molar-refractivity contribution < 1.29 is 14.3 Å². The van der Waals surface area contributed by atoms with E-state index in [-0.39, 0.29) is 18.8 Å². The molecule has 0 aliphatic carbocycles. The number of nitrogens with two attached hydrogens (primary N) is 1. The topological polar surface area (TPSA) is 69.4 Å². The van der Waals surface area contributed by atoms with Gasteiger partial charge in [0.2, 0.25) is 5.91 Å². The fourth-order valence-corrected chi connectivity index (χ4v) is 1.50. The molecule has 0 saturated heterocycles. The Bertz CT molecular complexity index is 410. The summed E-state index contributed by atoms with van der Waals surface area (Å²) in [4.78, 5) is 22.3. The minimum Gasteiger partial charge on any atom is -0.493 e. The highest BCUT2D eigenvalue weighted by atomic mass is 16.5. The summed E-state index contributed by atoms with van der Waals surface area (Å²) in [6, 6.07) is 6.94. The van der Waals surface area contributed by atoms with Crippen LogP contribution in [0.1, 0.15) is 37.0 Å². The van der Waals surface area contributed by atoms with E-state index in [1.807, 2.05) is 13.8 Å². The standard InChI is InChI=1S/C14H19NO3/c1-10(2)9-13(16)11-3-5-12(6-4-11)18-8-7-14(15)17/h3-6,10H,7-9H2,1-2H3,(H2,15,17). The van der Waals surface area contributed by atoms with Crippen molar-refractivity contribution in [3.05, 3.63) is 29.8 Å². The second-order valence-corrected chi connectivity index (χ2v) is 4.61. The molecule has 18 heavy (non-hydrogen) atoms. The normalized spacial score (nSPS) is 10.4. The molecule has 0 heterocycles. The molecular weight excluding hydrogens is 230 g/mol. The first kappa shape index (κ1) is 14.2. The average Bonchev–Trinajstić information content (AvgIpc) is 2.28. The van der Waals surface area contributed by atoms with Crippen LogP contribution in [0.15, 0.2) is 24.3 Å². The minimum atomic E-state index is -0.390. The first-order chi connectivity index (χ1) is 8.49. The van der Waals surface area contributed by atoms with E-state index >= 15 is 0 Å². The zero-order valence-electron chi connectivity index (χ0n) is 10.8. The van der Waals surface area contributed by atoms with Crippen molar-refractivity contribution in [3.63, 3.8) is 0 Å². The smallest absolute Gasteiger partial charge is 0.220 e. The number of Topliss-reactive ketones (excluding diaryl/α,β-unsaturated/α-hetero) is 1. The summed E-state index contributed by atoms with van der Waals surface area (Å²) >= 11 is 0. The van der Waals surface area contributed by atoms with Gasteiger partial charge in [-0.1, -0.05) is 13.8 Å². The lowest BCUT2D eigenvalue weighted by atomic mass is 10.0. The van der Waals surface area contributed by atoms with Crippen LogP contribution in [0.4, 0.5) is 0 Å². The third-order valence-electron chi connectivity index (χ3n) is 2.39. The van der Waals surface area contributed by atoms with Gasteiger partial charge in [0.1, 0.15) is 5.75 Å². The second-order valence-electron chi connectivity index (χ2n) is 4.61. The van der Waals surface area contributed by atoms with Crippen LogP contribution in [0, 0.1) is 5.92 Å². The first-order valence-electron chi connectivity index (χ1n) is 6.03. The number of ether oxygens (including phenoxy) is 1. The molecule has 2 N–H and O–H groups in total. The molecule has 0 bridgehead atoms. The number of rotatable bonds is 7. The summed E-state index contributed by atoms with van der Waals surface area (Å²) in [5.41, 5.74) is 5.69. The highest BCUT2D eigenvalue weighted by molar-refractivity contribution is 5.96. The van der Waals surface area contributed by atoms with E-state index in [9.17, 15) is 9.59 Å². The van der Waals surface area contributed by atoms with Gasteiger partial charge in [0.15, 0.2) is 5.78 Å². The Morgan fingerprint density at radius 2 is 1.83 bits per heavy atom. The number of ketones is 1. The van der Waals surface area contributed by atoms with Crippen LogP contribution in [-0.2, 0) is 4.79 Å². The van der Waals surface area contributed by atoms with Crippen LogP contribution < -0.4 is 10.5 Å². The van der Waals surface area contributed by atoms with Crippen molar-refractivity contribution in [2.24, 2.45) is 11.7 Å². The van der Waals surface area contributed by atoms with Crippen molar-refractivity contribution in [2.75, 3.05) is 6.61 Å². The molecule has 1 aromatic carbocycles. The number of carbonyl (C=O) groups excluding carboxylic acids is 2. The molecule has 1 rings (SSSR count). The van der Waals surface area contributed by atoms with Gasteiger partial charge in [-0.2, -0.15) is 0 Å². The lowest BCUT2D eigenvalue weighted by Gasteiger charge is -2.07. The van der Waals surface area contributed by atoms with Gasteiger partial charge in [0.25, 0.3) is 0 Å². The summed E-state index contributed by atoms with van der Waals surface area (Å²) in [5, 5.41) is 0. The van der Waals surface area contributed by atoms with Crippen LogP contribution in [0.5, 0.6) is 5.75 Å². The summed E-state index contributed by atoms with van der Waals surface area (Å²) in [6.07, 6.45) is 0.732. The van der Waals surface area contributed by atoms with Gasteiger partial charge in [-0.3, -0.25) is 9.59 Å². The molecule has 1 aromatic rings. The highest BCUT2D eigenvalue weighted by Crippen LogP contribution is 2.15. The van der Waals surface area contributed by atoms with E-state index < -0.39 is 5.91 Å². The molecule has 0 fully saturated rings. The summed E-state index contributed by atoms with van der Waals surface area (Å²) in [5.74, 6) is 0.730. The van der Waals surface area contributed by atoms with Gasteiger partial charge in [-0.15, -0.1) is 0 Å². The van der Waals surface area contributed by atoms with E-state index in [0.717, 1.165) is 0 Å². The third-order valence-corrected chi connectivity index (χ3v) is 2.39. The zero-order chi connectivity index (χ0) is 13.5. The quantitative estimate of drug-likeness (QED) is 0.753. The van der Waals surface area contributed by atoms with Gasteiger partial charge in [-0.05, 0) is 30.2 Å². The Morgan fingerprint density at radius 1 is 1.22 bits per heavy atom. The summed E-state index contributed by atoms with van der Waals surface area (Å²) in [6.45, 7) is 4.28. The first-order valence-corrected chi connectivity index (χ1v) is 6.03. The van der Waals surface area contributed by atoms with Crippen molar-refractivity contribution in [1.82, 2.24) is 0 Å². The van der Waals surface area contributed by atoms with Gasteiger partial charge in [0, 0.05) is 12.0 Å². The van der Waals surface area contributed by atoms with E-state index in [0.29, 0.717) is 23.7 Å². The van der Waals surface area contributed by atoms with Crippen molar-refractivity contribution in [2.45, 2.75) is 26.7 Å². The molecule has 4 nitrogen and oxygen atoms in total. The fraction of sp³-hybridized carbons (Fsp3) is 0.429. The number of hydrogen-bond acceptors (Lipinski definition) is 3. The van der Waals surface area contributed by atoms with Crippen molar-refractivity contribution in [3.8, 4) is 5.75 Å². The molecule has 0 unspecified atom stereocenters. The van der Waals surface area contributed by atoms with Crippen LogP contribution in [0.25, 0.3) is 0 Å². The zero-order valence-corrected chi connectivity index (χ0v) is 10.8. The van der Waals surface area contributed by atoms with Crippen LogP contribution in [0.3, 0.4) is 0 Å². The monoisotopic (exact) mass is 249 g/mol.